The quantitative estimate of drug-likeness (QED) is 0.859. The van der Waals surface area contributed by atoms with Gasteiger partial charge in [0, 0.05) is 0 Å². The van der Waals surface area contributed by atoms with Gasteiger partial charge in [0.15, 0.2) is 0 Å². The summed E-state index contributed by atoms with van der Waals surface area (Å²) in [5.74, 6) is 0.577. The van der Waals surface area contributed by atoms with Crippen molar-refractivity contribution in [1.82, 2.24) is 0 Å². The molecule has 0 spiro atoms. The Hall–Kier alpha value is -1.03. The van der Waals surface area contributed by atoms with E-state index < -0.39 is 17.8 Å². The van der Waals surface area contributed by atoms with Gasteiger partial charge >= 0.3 is 6.18 Å². The lowest BCUT2D eigenvalue weighted by atomic mass is 9.84. The second-order valence-electron chi connectivity index (χ2n) is 5.79. The molecular weight excluding hydrogens is 265 g/mol. The van der Waals surface area contributed by atoms with Crippen LogP contribution >= 0.6 is 0 Å². The van der Waals surface area contributed by atoms with Crippen LogP contribution in [-0.2, 0) is 12.6 Å². The van der Waals surface area contributed by atoms with Crippen LogP contribution in [0.15, 0.2) is 24.3 Å². The summed E-state index contributed by atoms with van der Waals surface area (Å²) in [7, 11) is 0. The summed E-state index contributed by atoms with van der Waals surface area (Å²) in [6, 6.07) is 5.10. The molecule has 0 aromatic heterocycles. The Labute approximate surface area is 117 Å². The number of benzene rings is 1. The monoisotopic (exact) mass is 286 g/mol. The SMILES string of the molecule is OC(Cc1ccc(C(F)(F)F)cc1)CC1CCCCC1. The van der Waals surface area contributed by atoms with E-state index in [-0.39, 0.29) is 0 Å². The Balaban J connectivity index is 1.86. The topological polar surface area (TPSA) is 20.2 Å². The van der Waals surface area contributed by atoms with Crippen molar-refractivity contribution in [1.29, 1.82) is 0 Å². The molecule has 1 N–H and O–H groups in total. The Bertz CT molecular complexity index is 405. The van der Waals surface area contributed by atoms with Gasteiger partial charge in [-0.25, -0.2) is 0 Å². The molecule has 112 valence electrons. The third kappa shape index (κ3) is 4.51. The van der Waals surface area contributed by atoms with Crippen LogP contribution in [0.4, 0.5) is 13.2 Å². The number of hydrogen-bond donors (Lipinski definition) is 1. The van der Waals surface area contributed by atoms with E-state index in [0.29, 0.717) is 12.3 Å². The minimum absolute atomic E-state index is 0.439. The average molecular weight is 286 g/mol. The second kappa shape index (κ2) is 6.61. The summed E-state index contributed by atoms with van der Waals surface area (Å²) in [6.07, 6.45) is 2.55. The molecule has 20 heavy (non-hydrogen) atoms. The van der Waals surface area contributed by atoms with Gasteiger partial charge in [0.05, 0.1) is 11.7 Å². The smallest absolute Gasteiger partial charge is 0.393 e. The van der Waals surface area contributed by atoms with Gasteiger partial charge in [0.25, 0.3) is 0 Å². The number of aliphatic hydroxyl groups is 1. The average Bonchev–Trinajstić information content (AvgIpc) is 2.39. The second-order valence-corrected chi connectivity index (χ2v) is 5.79. The number of halogens is 3. The highest BCUT2D eigenvalue weighted by molar-refractivity contribution is 5.25. The fourth-order valence-electron chi connectivity index (χ4n) is 2.99. The molecule has 0 saturated heterocycles. The van der Waals surface area contributed by atoms with Crippen molar-refractivity contribution in [3.8, 4) is 0 Å². The molecule has 0 aliphatic heterocycles. The summed E-state index contributed by atoms with van der Waals surface area (Å²) in [4.78, 5) is 0. The van der Waals surface area contributed by atoms with Crippen LogP contribution in [0.3, 0.4) is 0 Å². The highest BCUT2D eigenvalue weighted by Crippen LogP contribution is 2.30. The predicted octanol–water partition coefficient (Wildman–Crippen LogP) is 4.58. The molecule has 0 radical (unpaired) electrons. The van der Waals surface area contributed by atoms with Gasteiger partial charge < -0.3 is 5.11 Å². The molecule has 1 fully saturated rings. The van der Waals surface area contributed by atoms with E-state index in [1.54, 1.807) is 0 Å². The van der Waals surface area contributed by atoms with Gasteiger partial charge in [-0.3, -0.25) is 0 Å². The Morgan fingerprint density at radius 1 is 1.05 bits per heavy atom. The highest BCUT2D eigenvalue weighted by Gasteiger charge is 2.30. The zero-order valence-electron chi connectivity index (χ0n) is 11.5. The van der Waals surface area contributed by atoms with E-state index in [1.165, 1.54) is 44.2 Å². The first kappa shape index (κ1) is 15.4. The standard InChI is InChI=1S/C16H21F3O/c17-16(18,19)14-8-6-13(7-9-14)11-15(20)10-12-4-2-1-3-5-12/h6-9,12,15,20H,1-5,10-11H2. The Morgan fingerprint density at radius 2 is 1.65 bits per heavy atom. The lowest BCUT2D eigenvalue weighted by molar-refractivity contribution is -0.137. The predicted molar refractivity (Wildman–Crippen MR) is 72.3 cm³/mol. The van der Waals surface area contributed by atoms with Crippen LogP contribution in [-0.4, -0.2) is 11.2 Å². The molecule has 0 heterocycles. The van der Waals surface area contributed by atoms with Crippen molar-refractivity contribution in [3.63, 3.8) is 0 Å². The molecule has 1 unspecified atom stereocenters. The molecule has 1 aliphatic rings. The van der Waals surface area contributed by atoms with E-state index in [2.05, 4.69) is 0 Å². The summed E-state index contributed by atoms with van der Waals surface area (Å²) >= 11 is 0. The van der Waals surface area contributed by atoms with Crippen LogP contribution in [0.2, 0.25) is 0 Å². The largest absolute Gasteiger partial charge is 0.416 e. The number of aliphatic hydroxyl groups excluding tert-OH is 1. The van der Waals surface area contributed by atoms with Crippen LogP contribution in [0.25, 0.3) is 0 Å². The van der Waals surface area contributed by atoms with E-state index in [4.69, 9.17) is 0 Å². The fraction of sp³-hybridized carbons (Fsp3) is 0.625. The summed E-state index contributed by atoms with van der Waals surface area (Å²) in [5.41, 5.74) is 0.129. The minimum Gasteiger partial charge on any atom is -0.393 e. The first-order valence-corrected chi connectivity index (χ1v) is 7.29. The molecule has 1 atom stereocenters. The van der Waals surface area contributed by atoms with Crippen LogP contribution in [0, 0.1) is 5.92 Å². The zero-order valence-corrected chi connectivity index (χ0v) is 11.5. The van der Waals surface area contributed by atoms with Crippen LogP contribution in [0.5, 0.6) is 0 Å². The highest BCUT2D eigenvalue weighted by atomic mass is 19.4. The van der Waals surface area contributed by atoms with Gasteiger partial charge in [-0.2, -0.15) is 13.2 Å². The van der Waals surface area contributed by atoms with E-state index in [0.717, 1.165) is 24.1 Å². The molecule has 4 heteroatoms. The number of rotatable bonds is 4. The summed E-state index contributed by atoms with van der Waals surface area (Å²) < 4.78 is 37.3. The third-order valence-corrected chi connectivity index (χ3v) is 4.08. The summed E-state index contributed by atoms with van der Waals surface area (Å²) in [6.45, 7) is 0. The van der Waals surface area contributed by atoms with E-state index in [9.17, 15) is 18.3 Å². The molecule has 1 aliphatic carbocycles. The first-order valence-electron chi connectivity index (χ1n) is 7.29. The molecule has 1 aromatic rings. The first-order chi connectivity index (χ1) is 9.45. The molecule has 2 rings (SSSR count). The molecule has 0 amide bonds. The molecule has 1 nitrogen and oxygen atoms in total. The van der Waals surface area contributed by atoms with Crippen molar-refractivity contribution in [2.24, 2.45) is 5.92 Å². The Morgan fingerprint density at radius 3 is 2.20 bits per heavy atom. The van der Waals surface area contributed by atoms with Crippen molar-refractivity contribution >= 4 is 0 Å². The molecule has 0 bridgehead atoms. The molecule has 1 aromatic carbocycles. The van der Waals surface area contributed by atoms with Gasteiger partial charge in [-0.1, -0.05) is 44.2 Å². The summed E-state index contributed by atoms with van der Waals surface area (Å²) in [5, 5.41) is 10.1. The van der Waals surface area contributed by atoms with E-state index >= 15 is 0 Å². The fourth-order valence-corrected chi connectivity index (χ4v) is 2.99. The third-order valence-electron chi connectivity index (χ3n) is 4.08. The molecular formula is C16H21F3O. The number of alkyl halides is 3. The van der Waals surface area contributed by atoms with Crippen molar-refractivity contribution in [2.75, 3.05) is 0 Å². The van der Waals surface area contributed by atoms with E-state index in [1.807, 2.05) is 0 Å². The van der Waals surface area contributed by atoms with Crippen LogP contribution < -0.4 is 0 Å². The number of hydrogen-bond acceptors (Lipinski definition) is 1. The maximum Gasteiger partial charge on any atom is 0.416 e. The van der Waals surface area contributed by atoms with Crippen molar-refractivity contribution in [3.05, 3.63) is 35.4 Å². The van der Waals surface area contributed by atoms with Crippen molar-refractivity contribution < 1.29 is 18.3 Å². The van der Waals surface area contributed by atoms with Gasteiger partial charge in [-0.15, -0.1) is 0 Å². The lowest BCUT2D eigenvalue weighted by Crippen LogP contribution is -2.18. The van der Waals surface area contributed by atoms with Crippen LogP contribution in [0.1, 0.15) is 49.7 Å². The van der Waals surface area contributed by atoms with Gasteiger partial charge in [0.1, 0.15) is 0 Å². The zero-order chi connectivity index (χ0) is 14.6. The maximum atomic E-state index is 12.4. The molecule has 1 saturated carbocycles. The minimum atomic E-state index is -4.29. The van der Waals surface area contributed by atoms with Gasteiger partial charge in [-0.05, 0) is 36.5 Å². The lowest BCUT2D eigenvalue weighted by Gasteiger charge is -2.24. The normalized spacial score (nSPS) is 19.0. The maximum absolute atomic E-state index is 12.4. The van der Waals surface area contributed by atoms with Crippen molar-refractivity contribution in [2.45, 2.75) is 57.2 Å². The van der Waals surface area contributed by atoms with Gasteiger partial charge in [0.2, 0.25) is 0 Å². The Kier molecular flexibility index (Phi) is 5.08.